The molecule has 3 aromatic rings. The van der Waals surface area contributed by atoms with Gasteiger partial charge < -0.3 is 14.6 Å². The zero-order chi connectivity index (χ0) is 21.8. The third kappa shape index (κ3) is 4.38. The molecule has 1 aromatic heterocycles. The number of hydrogen-bond donors (Lipinski definition) is 1. The van der Waals surface area contributed by atoms with Gasteiger partial charge in [-0.05, 0) is 45.0 Å². The van der Waals surface area contributed by atoms with Gasteiger partial charge in [-0.25, -0.2) is 4.79 Å². The van der Waals surface area contributed by atoms with Gasteiger partial charge >= 0.3 is 5.97 Å². The van der Waals surface area contributed by atoms with E-state index in [1.54, 1.807) is 6.07 Å². The standard InChI is InChI=1S/C22H21N3O5/c1-14-12-20(15(2)24(14)18-9-5-4-6-10-18)22(27)30-16(3)21(26)23-17-8-7-11-19(13-17)25(28)29/h4-13,16H,1-3H3,(H,23,26). The highest BCUT2D eigenvalue weighted by Crippen LogP contribution is 2.22. The number of nitrogens with zero attached hydrogens (tertiary/aromatic N) is 2. The fraction of sp³-hybridized carbons (Fsp3) is 0.182. The summed E-state index contributed by atoms with van der Waals surface area (Å²) >= 11 is 0. The van der Waals surface area contributed by atoms with Crippen LogP contribution in [0.2, 0.25) is 0 Å². The van der Waals surface area contributed by atoms with Gasteiger partial charge in [0, 0.05) is 34.9 Å². The third-order valence-corrected chi connectivity index (χ3v) is 4.64. The molecule has 0 aliphatic carbocycles. The Kier molecular flexibility index (Phi) is 5.96. The molecule has 154 valence electrons. The molecule has 0 bridgehead atoms. The second kappa shape index (κ2) is 8.60. The molecule has 0 aliphatic rings. The SMILES string of the molecule is Cc1cc(C(=O)OC(C)C(=O)Nc2cccc([N+](=O)[O-])c2)c(C)n1-c1ccccc1. The van der Waals surface area contributed by atoms with E-state index in [0.29, 0.717) is 11.3 Å². The number of non-ortho nitro benzene ring substituents is 1. The molecule has 0 saturated carbocycles. The molecule has 8 nitrogen and oxygen atoms in total. The van der Waals surface area contributed by atoms with E-state index in [9.17, 15) is 19.7 Å². The van der Waals surface area contributed by atoms with E-state index in [1.165, 1.54) is 31.2 Å². The number of ether oxygens (including phenoxy) is 1. The van der Waals surface area contributed by atoms with Crippen LogP contribution in [0.15, 0.2) is 60.7 Å². The Morgan fingerprint density at radius 3 is 2.43 bits per heavy atom. The second-order valence-electron chi connectivity index (χ2n) is 6.80. The molecule has 0 radical (unpaired) electrons. The summed E-state index contributed by atoms with van der Waals surface area (Å²) in [6.45, 7) is 5.14. The summed E-state index contributed by atoms with van der Waals surface area (Å²) in [6.07, 6.45) is -1.09. The van der Waals surface area contributed by atoms with Crippen molar-refractivity contribution in [3.8, 4) is 5.69 Å². The number of carbonyl (C=O) groups is 2. The van der Waals surface area contributed by atoms with Gasteiger partial charge in [0.2, 0.25) is 0 Å². The van der Waals surface area contributed by atoms with Gasteiger partial charge in [0.1, 0.15) is 0 Å². The summed E-state index contributed by atoms with van der Waals surface area (Å²) in [4.78, 5) is 35.4. The van der Waals surface area contributed by atoms with Crippen molar-refractivity contribution in [1.29, 1.82) is 0 Å². The Bertz CT molecular complexity index is 1110. The Labute approximate surface area is 173 Å². The number of anilines is 1. The van der Waals surface area contributed by atoms with Crippen LogP contribution in [0.5, 0.6) is 0 Å². The first kappa shape index (κ1) is 20.8. The number of aryl methyl sites for hydroxylation is 1. The Hall–Kier alpha value is -3.94. The second-order valence-corrected chi connectivity index (χ2v) is 6.80. The lowest BCUT2D eigenvalue weighted by Gasteiger charge is -2.14. The summed E-state index contributed by atoms with van der Waals surface area (Å²) < 4.78 is 7.27. The van der Waals surface area contributed by atoms with E-state index in [1.807, 2.05) is 48.7 Å². The van der Waals surface area contributed by atoms with Crippen LogP contribution in [-0.2, 0) is 9.53 Å². The first-order chi connectivity index (χ1) is 14.3. The van der Waals surface area contributed by atoms with E-state index >= 15 is 0 Å². The lowest BCUT2D eigenvalue weighted by Crippen LogP contribution is -2.30. The summed E-state index contributed by atoms with van der Waals surface area (Å²) in [5.74, 6) is -1.20. The van der Waals surface area contributed by atoms with Gasteiger partial charge in [0.15, 0.2) is 6.10 Å². The van der Waals surface area contributed by atoms with Crippen molar-refractivity contribution in [2.45, 2.75) is 26.9 Å². The van der Waals surface area contributed by atoms with Crippen molar-refractivity contribution in [2.75, 3.05) is 5.32 Å². The van der Waals surface area contributed by atoms with Crippen LogP contribution in [0.1, 0.15) is 28.7 Å². The summed E-state index contributed by atoms with van der Waals surface area (Å²) in [6, 6.07) is 16.9. The molecule has 3 rings (SSSR count). The van der Waals surface area contributed by atoms with Gasteiger partial charge in [-0.1, -0.05) is 24.3 Å². The highest BCUT2D eigenvalue weighted by atomic mass is 16.6. The quantitative estimate of drug-likeness (QED) is 0.375. The predicted molar refractivity (Wildman–Crippen MR) is 112 cm³/mol. The number of amides is 1. The van der Waals surface area contributed by atoms with Gasteiger partial charge in [0.05, 0.1) is 10.5 Å². The summed E-state index contributed by atoms with van der Waals surface area (Å²) in [5.41, 5.74) is 2.95. The maximum absolute atomic E-state index is 12.7. The fourth-order valence-electron chi connectivity index (χ4n) is 3.16. The van der Waals surface area contributed by atoms with Gasteiger partial charge in [-0.3, -0.25) is 14.9 Å². The Balaban J connectivity index is 1.72. The molecule has 0 spiro atoms. The van der Waals surface area contributed by atoms with Gasteiger partial charge in [-0.2, -0.15) is 0 Å². The molecule has 30 heavy (non-hydrogen) atoms. The minimum atomic E-state index is -1.09. The molecular formula is C22H21N3O5. The Morgan fingerprint density at radius 1 is 1.07 bits per heavy atom. The van der Waals surface area contributed by atoms with Crippen LogP contribution in [0.25, 0.3) is 5.69 Å². The molecule has 1 N–H and O–H groups in total. The normalized spacial score (nSPS) is 11.6. The van der Waals surface area contributed by atoms with Crippen LogP contribution < -0.4 is 5.32 Å². The van der Waals surface area contributed by atoms with Crippen LogP contribution in [0, 0.1) is 24.0 Å². The largest absolute Gasteiger partial charge is 0.449 e. The number of nitrogens with one attached hydrogen (secondary N) is 1. The third-order valence-electron chi connectivity index (χ3n) is 4.64. The van der Waals surface area contributed by atoms with Gasteiger partial charge in [0.25, 0.3) is 11.6 Å². The smallest absolute Gasteiger partial charge is 0.340 e. The number of carbonyl (C=O) groups excluding carboxylic acids is 2. The molecule has 1 heterocycles. The topological polar surface area (TPSA) is 103 Å². The van der Waals surface area contributed by atoms with E-state index < -0.39 is 22.9 Å². The van der Waals surface area contributed by atoms with Crippen LogP contribution >= 0.6 is 0 Å². The van der Waals surface area contributed by atoms with Crippen molar-refractivity contribution >= 4 is 23.3 Å². The lowest BCUT2D eigenvalue weighted by atomic mass is 10.2. The minimum Gasteiger partial charge on any atom is -0.449 e. The number of esters is 1. The molecule has 0 aliphatic heterocycles. The first-order valence-corrected chi connectivity index (χ1v) is 9.28. The molecule has 0 fully saturated rings. The molecule has 0 saturated heterocycles. The molecule has 1 amide bonds. The fourth-order valence-corrected chi connectivity index (χ4v) is 3.16. The highest BCUT2D eigenvalue weighted by Gasteiger charge is 2.23. The summed E-state index contributed by atoms with van der Waals surface area (Å²) in [5, 5.41) is 13.4. The number of rotatable bonds is 6. The highest BCUT2D eigenvalue weighted by molar-refractivity contribution is 5.98. The van der Waals surface area contributed by atoms with E-state index in [2.05, 4.69) is 5.32 Å². The van der Waals surface area contributed by atoms with E-state index in [0.717, 1.165) is 11.4 Å². The average Bonchev–Trinajstić information content (AvgIpc) is 3.02. The predicted octanol–water partition coefficient (Wildman–Crippen LogP) is 4.19. The van der Waals surface area contributed by atoms with E-state index in [4.69, 9.17) is 4.74 Å². The molecule has 1 atom stereocenters. The lowest BCUT2D eigenvalue weighted by molar-refractivity contribution is -0.384. The average molecular weight is 407 g/mol. The number of nitro benzene ring substituents is 1. The zero-order valence-electron chi connectivity index (χ0n) is 16.8. The molecule has 2 aromatic carbocycles. The van der Waals surface area contributed by atoms with E-state index in [-0.39, 0.29) is 11.4 Å². The van der Waals surface area contributed by atoms with Crippen molar-refractivity contribution in [3.05, 3.63) is 87.7 Å². The number of benzene rings is 2. The van der Waals surface area contributed by atoms with Crippen molar-refractivity contribution in [2.24, 2.45) is 0 Å². The maximum atomic E-state index is 12.7. The molecule has 8 heteroatoms. The number of para-hydroxylation sites is 1. The van der Waals surface area contributed by atoms with Crippen molar-refractivity contribution < 1.29 is 19.2 Å². The monoisotopic (exact) mass is 407 g/mol. The van der Waals surface area contributed by atoms with Crippen LogP contribution in [0.3, 0.4) is 0 Å². The Morgan fingerprint density at radius 2 is 1.77 bits per heavy atom. The minimum absolute atomic E-state index is 0.147. The number of hydrogen-bond acceptors (Lipinski definition) is 5. The maximum Gasteiger partial charge on any atom is 0.340 e. The molecule has 1 unspecified atom stereocenters. The van der Waals surface area contributed by atoms with Crippen LogP contribution in [0.4, 0.5) is 11.4 Å². The zero-order valence-corrected chi connectivity index (χ0v) is 16.8. The molecular weight excluding hydrogens is 386 g/mol. The van der Waals surface area contributed by atoms with Gasteiger partial charge in [-0.15, -0.1) is 0 Å². The number of aromatic nitrogens is 1. The van der Waals surface area contributed by atoms with Crippen molar-refractivity contribution in [1.82, 2.24) is 4.57 Å². The number of nitro groups is 1. The first-order valence-electron chi connectivity index (χ1n) is 9.28. The van der Waals surface area contributed by atoms with Crippen molar-refractivity contribution in [3.63, 3.8) is 0 Å². The van der Waals surface area contributed by atoms with Crippen LogP contribution in [-0.4, -0.2) is 27.5 Å². The summed E-state index contributed by atoms with van der Waals surface area (Å²) in [7, 11) is 0.